The van der Waals surface area contributed by atoms with Crippen molar-refractivity contribution in [3.8, 4) is 0 Å². The Morgan fingerprint density at radius 1 is 1.45 bits per heavy atom. The first-order valence-corrected chi connectivity index (χ1v) is 3.42. The minimum absolute atomic E-state index is 0.382. The fourth-order valence-corrected chi connectivity index (χ4v) is 0.778. The van der Waals surface area contributed by atoms with E-state index >= 15 is 0 Å². The highest BCUT2D eigenvalue weighted by Gasteiger charge is 1.98. The maximum Gasteiger partial charge on any atom is 0.342 e. The predicted octanol–water partition coefficient (Wildman–Crippen LogP) is -0.589. The van der Waals surface area contributed by atoms with E-state index in [1.165, 1.54) is 0 Å². The van der Waals surface area contributed by atoms with Gasteiger partial charge in [0.15, 0.2) is 0 Å². The summed E-state index contributed by atoms with van der Waals surface area (Å²) in [6.45, 7) is 1.94. The SMILES string of the molecule is CCCc1n[nH]c(=O)[nH]c1=O. The van der Waals surface area contributed by atoms with Crippen LogP contribution in [0.4, 0.5) is 0 Å². The summed E-state index contributed by atoms with van der Waals surface area (Å²) in [6, 6.07) is 0. The molecule has 0 fully saturated rings. The van der Waals surface area contributed by atoms with E-state index in [9.17, 15) is 9.59 Å². The summed E-state index contributed by atoms with van der Waals surface area (Å²) >= 11 is 0. The molecule has 11 heavy (non-hydrogen) atoms. The minimum Gasteiger partial charge on any atom is -0.271 e. The fraction of sp³-hybridized carbons (Fsp3) is 0.500. The molecule has 0 aliphatic heterocycles. The molecule has 0 amide bonds. The number of nitrogens with one attached hydrogen (secondary N) is 2. The van der Waals surface area contributed by atoms with E-state index in [1.54, 1.807) is 0 Å². The van der Waals surface area contributed by atoms with Crippen molar-refractivity contribution in [3.63, 3.8) is 0 Å². The zero-order valence-electron chi connectivity index (χ0n) is 6.18. The maximum atomic E-state index is 10.9. The van der Waals surface area contributed by atoms with Gasteiger partial charge in [0.2, 0.25) is 0 Å². The first-order chi connectivity index (χ1) is 5.24. The summed E-state index contributed by atoms with van der Waals surface area (Å²) < 4.78 is 0. The maximum absolute atomic E-state index is 10.9. The third-order valence-corrected chi connectivity index (χ3v) is 1.27. The van der Waals surface area contributed by atoms with Crippen LogP contribution in [0.2, 0.25) is 0 Å². The molecule has 60 valence electrons. The van der Waals surface area contributed by atoms with E-state index < -0.39 is 11.2 Å². The van der Waals surface area contributed by atoms with Crippen LogP contribution in [0.5, 0.6) is 0 Å². The number of H-pyrrole nitrogens is 2. The topological polar surface area (TPSA) is 78.6 Å². The van der Waals surface area contributed by atoms with Crippen LogP contribution in [0.25, 0.3) is 0 Å². The van der Waals surface area contributed by atoms with Crippen LogP contribution >= 0.6 is 0 Å². The minimum atomic E-state index is -0.560. The smallest absolute Gasteiger partial charge is 0.271 e. The average molecular weight is 155 g/mol. The quantitative estimate of drug-likeness (QED) is 0.599. The van der Waals surface area contributed by atoms with Gasteiger partial charge in [-0.3, -0.25) is 9.78 Å². The van der Waals surface area contributed by atoms with Gasteiger partial charge in [-0.15, -0.1) is 0 Å². The summed E-state index contributed by atoms with van der Waals surface area (Å²) in [7, 11) is 0. The first kappa shape index (κ1) is 7.71. The van der Waals surface area contributed by atoms with E-state index in [-0.39, 0.29) is 0 Å². The molecule has 0 unspecified atom stereocenters. The second-order valence-electron chi connectivity index (χ2n) is 2.20. The Hall–Kier alpha value is -1.39. The van der Waals surface area contributed by atoms with Crippen molar-refractivity contribution in [2.75, 3.05) is 0 Å². The number of aryl methyl sites for hydroxylation is 1. The molecule has 0 saturated heterocycles. The molecule has 5 heteroatoms. The van der Waals surface area contributed by atoms with Gasteiger partial charge < -0.3 is 0 Å². The Balaban J connectivity index is 3.10. The Labute approximate surface area is 62.5 Å². The Morgan fingerprint density at radius 3 is 2.73 bits per heavy atom. The molecule has 0 aliphatic rings. The second-order valence-corrected chi connectivity index (χ2v) is 2.20. The zero-order valence-corrected chi connectivity index (χ0v) is 6.18. The van der Waals surface area contributed by atoms with Crippen molar-refractivity contribution in [1.29, 1.82) is 0 Å². The lowest BCUT2D eigenvalue weighted by Gasteiger charge is -1.91. The molecule has 0 bridgehead atoms. The van der Waals surface area contributed by atoms with Crippen molar-refractivity contribution in [2.24, 2.45) is 0 Å². The van der Waals surface area contributed by atoms with Gasteiger partial charge in [0.25, 0.3) is 5.56 Å². The van der Waals surface area contributed by atoms with Crippen molar-refractivity contribution in [1.82, 2.24) is 15.2 Å². The summed E-state index contributed by atoms with van der Waals surface area (Å²) in [5, 5.41) is 5.75. The summed E-state index contributed by atoms with van der Waals surface area (Å²) in [5.74, 6) is 0. The summed E-state index contributed by atoms with van der Waals surface area (Å²) in [5.41, 5.74) is -0.572. The molecular formula is C6H9N3O2. The molecule has 5 nitrogen and oxygen atoms in total. The van der Waals surface area contributed by atoms with E-state index in [0.29, 0.717) is 12.1 Å². The number of aromatic nitrogens is 3. The molecule has 0 atom stereocenters. The highest BCUT2D eigenvalue weighted by molar-refractivity contribution is 4.91. The first-order valence-electron chi connectivity index (χ1n) is 3.42. The standard InChI is InChI=1S/C6H9N3O2/c1-2-3-4-5(10)7-6(11)9-8-4/h2-3H2,1H3,(H2,7,9,10,11). The van der Waals surface area contributed by atoms with E-state index in [0.717, 1.165) is 6.42 Å². The lowest BCUT2D eigenvalue weighted by Crippen LogP contribution is -2.27. The van der Waals surface area contributed by atoms with Gasteiger partial charge in [0, 0.05) is 0 Å². The largest absolute Gasteiger partial charge is 0.342 e. The van der Waals surface area contributed by atoms with E-state index in [4.69, 9.17) is 0 Å². The van der Waals surface area contributed by atoms with Crippen molar-refractivity contribution < 1.29 is 0 Å². The number of aromatic amines is 2. The van der Waals surface area contributed by atoms with Gasteiger partial charge in [0.1, 0.15) is 5.69 Å². The third-order valence-electron chi connectivity index (χ3n) is 1.27. The van der Waals surface area contributed by atoms with Crippen LogP contribution < -0.4 is 11.2 Å². The van der Waals surface area contributed by atoms with Crippen LogP contribution in [0.1, 0.15) is 19.0 Å². The molecule has 0 aliphatic carbocycles. The van der Waals surface area contributed by atoms with Gasteiger partial charge in [-0.1, -0.05) is 13.3 Å². The van der Waals surface area contributed by atoms with Gasteiger partial charge in [0.05, 0.1) is 0 Å². The summed E-state index contributed by atoms with van der Waals surface area (Å²) in [4.78, 5) is 23.5. The van der Waals surface area contributed by atoms with Crippen LogP contribution in [-0.2, 0) is 6.42 Å². The predicted molar refractivity (Wildman–Crippen MR) is 39.5 cm³/mol. The molecular weight excluding hydrogens is 146 g/mol. The zero-order chi connectivity index (χ0) is 8.27. The van der Waals surface area contributed by atoms with E-state index in [1.807, 2.05) is 6.92 Å². The van der Waals surface area contributed by atoms with Gasteiger partial charge in [-0.05, 0) is 6.42 Å². The fourth-order valence-electron chi connectivity index (χ4n) is 0.778. The van der Waals surface area contributed by atoms with E-state index in [2.05, 4.69) is 15.2 Å². The lowest BCUT2D eigenvalue weighted by molar-refractivity contribution is 0.776. The highest BCUT2D eigenvalue weighted by Crippen LogP contribution is 1.85. The third kappa shape index (κ3) is 1.76. The highest BCUT2D eigenvalue weighted by atomic mass is 16.2. The number of hydrogen-bond acceptors (Lipinski definition) is 3. The molecule has 0 radical (unpaired) electrons. The number of rotatable bonds is 2. The van der Waals surface area contributed by atoms with Gasteiger partial charge in [-0.25, -0.2) is 9.89 Å². The average Bonchev–Trinajstić information content (AvgIpc) is 1.95. The van der Waals surface area contributed by atoms with Crippen molar-refractivity contribution in [3.05, 3.63) is 26.5 Å². The van der Waals surface area contributed by atoms with Crippen LogP contribution in [-0.4, -0.2) is 15.2 Å². The molecule has 0 saturated carbocycles. The lowest BCUT2D eigenvalue weighted by atomic mass is 10.3. The van der Waals surface area contributed by atoms with Gasteiger partial charge >= 0.3 is 5.69 Å². The van der Waals surface area contributed by atoms with Crippen LogP contribution in [0.15, 0.2) is 9.59 Å². The van der Waals surface area contributed by atoms with Gasteiger partial charge in [-0.2, -0.15) is 5.10 Å². The van der Waals surface area contributed by atoms with Crippen LogP contribution in [0.3, 0.4) is 0 Å². The Morgan fingerprint density at radius 2 is 2.18 bits per heavy atom. The molecule has 0 aromatic carbocycles. The second kappa shape index (κ2) is 3.14. The number of nitrogens with zero attached hydrogens (tertiary/aromatic N) is 1. The van der Waals surface area contributed by atoms with Crippen molar-refractivity contribution >= 4 is 0 Å². The molecule has 0 spiro atoms. The monoisotopic (exact) mass is 155 g/mol. The molecule has 1 aromatic rings. The molecule has 1 heterocycles. The summed E-state index contributed by atoms with van der Waals surface area (Å²) in [6.07, 6.45) is 1.42. The Bertz CT molecular complexity index is 338. The van der Waals surface area contributed by atoms with Crippen molar-refractivity contribution in [2.45, 2.75) is 19.8 Å². The Kier molecular flexibility index (Phi) is 2.20. The molecule has 1 aromatic heterocycles. The molecule has 1 rings (SSSR count). The normalized spacial score (nSPS) is 9.91. The number of hydrogen-bond donors (Lipinski definition) is 2. The van der Waals surface area contributed by atoms with Crippen LogP contribution in [0, 0.1) is 0 Å². The molecule has 2 N–H and O–H groups in total.